The lowest BCUT2D eigenvalue weighted by atomic mass is 10.0. The molecule has 5 nitrogen and oxygen atoms in total. The number of hydrogen-bond donors (Lipinski definition) is 1. The fraction of sp³-hybridized carbons (Fsp3) is 0.556. The van der Waals surface area contributed by atoms with E-state index in [1.165, 1.54) is 0 Å². The number of carbonyl (C=O) groups is 2. The second kappa shape index (κ2) is 7.59. The molecule has 0 aliphatic carbocycles. The molecular formula is C18H26N2O3. The molecule has 1 N–H and O–H groups in total. The number of aryl methyl sites for hydroxylation is 2. The molecule has 126 valence electrons. The van der Waals surface area contributed by atoms with Crippen molar-refractivity contribution in [3.05, 3.63) is 34.9 Å². The molecule has 1 aliphatic heterocycles. The van der Waals surface area contributed by atoms with Gasteiger partial charge in [-0.15, -0.1) is 0 Å². The van der Waals surface area contributed by atoms with Gasteiger partial charge in [-0.1, -0.05) is 19.9 Å². The zero-order valence-electron chi connectivity index (χ0n) is 14.4. The maximum absolute atomic E-state index is 12.7. The van der Waals surface area contributed by atoms with Crippen LogP contribution in [0.2, 0.25) is 0 Å². The van der Waals surface area contributed by atoms with Gasteiger partial charge in [0.25, 0.3) is 5.91 Å². The first-order chi connectivity index (χ1) is 10.9. The van der Waals surface area contributed by atoms with Crippen LogP contribution in [-0.2, 0) is 9.53 Å². The summed E-state index contributed by atoms with van der Waals surface area (Å²) in [6, 6.07) is 5.08. The predicted molar refractivity (Wildman–Crippen MR) is 89.4 cm³/mol. The van der Waals surface area contributed by atoms with E-state index in [-0.39, 0.29) is 17.7 Å². The van der Waals surface area contributed by atoms with Crippen LogP contribution < -0.4 is 5.32 Å². The molecule has 23 heavy (non-hydrogen) atoms. The first-order valence-corrected chi connectivity index (χ1v) is 8.15. The molecule has 1 saturated heterocycles. The Balaban J connectivity index is 2.10. The Morgan fingerprint density at radius 1 is 1.13 bits per heavy atom. The minimum absolute atomic E-state index is 0.0273. The van der Waals surface area contributed by atoms with Crippen molar-refractivity contribution in [2.24, 2.45) is 5.92 Å². The van der Waals surface area contributed by atoms with E-state index >= 15 is 0 Å². The molecule has 1 fully saturated rings. The molecule has 1 aromatic rings. The van der Waals surface area contributed by atoms with Gasteiger partial charge in [0.2, 0.25) is 5.91 Å². The van der Waals surface area contributed by atoms with Crippen molar-refractivity contribution in [1.82, 2.24) is 10.2 Å². The van der Waals surface area contributed by atoms with E-state index in [4.69, 9.17) is 4.74 Å². The molecule has 0 spiro atoms. The van der Waals surface area contributed by atoms with Gasteiger partial charge in [-0.05, 0) is 43.0 Å². The van der Waals surface area contributed by atoms with E-state index in [9.17, 15) is 9.59 Å². The second-order valence-electron chi connectivity index (χ2n) is 6.43. The highest BCUT2D eigenvalue weighted by Gasteiger charge is 2.29. The summed E-state index contributed by atoms with van der Waals surface area (Å²) >= 11 is 0. The normalized spacial score (nSPS) is 16.3. The van der Waals surface area contributed by atoms with Crippen molar-refractivity contribution in [3.8, 4) is 0 Å². The van der Waals surface area contributed by atoms with E-state index in [1.54, 1.807) is 11.0 Å². The highest BCUT2D eigenvalue weighted by atomic mass is 16.5. The van der Waals surface area contributed by atoms with Gasteiger partial charge in [-0.2, -0.15) is 0 Å². The molecule has 0 unspecified atom stereocenters. The Morgan fingerprint density at radius 3 is 2.35 bits per heavy atom. The monoisotopic (exact) mass is 318 g/mol. The molecular weight excluding hydrogens is 292 g/mol. The fourth-order valence-corrected chi connectivity index (χ4v) is 2.60. The summed E-state index contributed by atoms with van der Waals surface area (Å²) in [7, 11) is 0. The molecule has 0 saturated carbocycles. The molecule has 2 rings (SSSR count). The number of morpholine rings is 1. The predicted octanol–water partition coefficient (Wildman–Crippen LogP) is 1.92. The van der Waals surface area contributed by atoms with E-state index < -0.39 is 6.04 Å². The van der Waals surface area contributed by atoms with Gasteiger partial charge in [0, 0.05) is 18.7 Å². The number of hydrogen-bond acceptors (Lipinski definition) is 3. The largest absolute Gasteiger partial charge is 0.378 e. The lowest BCUT2D eigenvalue weighted by molar-refractivity contribution is -0.138. The molecule has 1 aromatic carbocycles. The molecule has 0 aromatic heterocycles. The van der Waals surface area contributed by atoms with Gasteiger partial charge in [0.15, 0.2) is 0 Å². The summed E-state index contributed by atoms with van der Waals surface area (Å²) in [5.74, 6) is -0.199. The van der Waals surface area contributed by atoms with Crippen LogP contribution in [0, 0.1) is 19.8 Å². The molecule has 1 heterocycles. The van der Waals surface area contributed by atoms with Crippen LogP contribution in [0.15, 0.2) is 18.2 Å². The Morgan fingerprint density at radius 2 is 1.78 bits per heavy atom. The Kier molecular flexibility index (Phi) is 5.77. The Bertz CT molecular complexity index is 578. The van der Waals surface area contributed by atoms with Crippen LogP contribution in [0.25, 0.3) is 0 Å². The molecule has 1 aliphatic rings. The van der Waals surface area contributed by atoms with Crippen molar-refractivity contribution in [2.45, 2.75) is 33.7 Å². The lowest BCUT2D eigenvalue weighted by Gasteiger charge is -2.32. The summed E-state index contributed by atoms with van der Waals surface area (Å²) in [6.45, 7) is 10.2. The van der Waals surface area contributed by atoms with Gasteiger partial charge in [0.1, 0.15) is 6.04 Å². The summed E-state index contributed by atoms with van der Waals surface area (Å²) in [5.41, 5.74) is 2.80. The number of carbonyl (C=O) groups excluding carboxylic acids is 2. The molecule has 0 radical (unpaired) electrons. The second-order valence-corrected chi connectivity index (χ2v) is 6.43. The topological polar surface area (TPSA) is 58.6 Å². The number of amides is 2. The fourth-order valence-electron chi connectivity index (χ4n) is 2.60. The molecule has 0 bridgehead atoms. The average molecular weight is 318 g/mol. The summed E-state index contributed by atoms with van der Waals surface area (Å²) < 4.78 is 5.28. The van der Waals surface area contributed by atoms with Crippen molar-refractivity contribution in [1.29, 1.82) is 0 Å². The maximum Gasteiger partial charge on any atom is 0.251 e. The van der Waals surface area contributed by atoms with Crippen molar-refractivity contribution >= 4 is 11.8 Å². The Labute approximate surface area is 138 Å². The molecule has 5 heteroatoms. The standard InChI is InChI=1S/C18H26N2O3/c1-12(2)16(18(22)20-7-9-23-10-8-20)19-17(21)15-6-5-13(3)14(4)11-15/h5-6,11-12,16H,7-10H2,1-4H3,(H,19,21)/t16-/m0/s1. The van der Waals surface area contributed by atoms with Crippen LogP contribution >= 0.6 is 0 Å². The molecule has 2 amide bonds. The number of nitrogens with one attached hydrogen (secondary N) is 1. The highest BCUT2D eigenvalue weighted by Crippen LogP contribution is 2.13. The van der Waals surface area contributed by atoms with Crippen LogP contribution in [0.4, 0.5) is 0 Å². The van der Waals surface area contributed by atoms with Gasteiger partial charge >= 0.3 is 0 Å². The smallest absolute Gasteiger partial charge is 0.251 e. The van der Waals surface area contributed by atoms with E-state index in [1.807, 2.05) is 39.8 Å². The third-order valence-electron chi connectivity index (χ3n) is 4.31. The van der Waals surface area contributed by atoms with Gasteiger partial charge < -0.3 is 15.0 Å². The van der Waals surface area contributed by atoms with E-state index in [0.717, 1.165) is 11.1 Å². The summed E-state index contributed by atoms with van der Waals surface area (Å²) in [4.78, 5) is 27.0. The molecule has 1 atom stereocenters. The van der Waals surface area contributed by atoms with Gasteiger partial charge in [-0.25, -0.2) is 0 Å². The van der Waals surface area contributed by atoms with Crippen molar-refractivity contribution < 1.29 is 14.3 Å². The number of nitrogens with zero attached hydrogens (tertiary/aromatic N) is 1. The average Bonchev–Trinajstić information content (AvgIpc) is 2.54. The number of rotatable bonds is 4. The van der Waals surface area contributed by atoms with Crippen molar-refractivity contribution in [2.75, 3.05) is 26.3 Å². The summed E-state index contributed by atoms with van der Waals surface area (Å²) in [5, 5.41) is 2.91. The lowest BCUT2D eigenvalue weighted by Crippen LogP contribution is -2.53. The zero-order valence-corrected chi connectivity index (χ0v) is 14.4. The maximum atomic E-state index is 12.7. The van der Waals surface area contributed by atoms with E-state index in [2.05, 4.69) is 5.32 Å². The van der Waals surface area contributed by atoms with Crippen LogP contribution in [-0.4, -0.2) is 49.1 Å². The quantitative estimate of drug-likeness (QED) is 0.923. The first-order valence-electron chi connectivity index (χ1n) is 8.15. The van der Waals surface area contributed by atoms with Gasteiger partial charge in [-0.3, -0.25) is 9.59 Å². The SMILES string of the molecule is Cc1ccc(C(=O)N[C@H](C(=O)N2CCOCC2)C(C)C)cc1C. The van der Waals surface area contributed by atoms with E-state index in [0.29, 0.717) is 31.9 Å². The zero-order chi connectivity index (χ0) is 17.0. The first kappa shape index (κ1) is 17.5. The minimum Gasteiger partial charge on any atom is -0.378 e. The highest BCUT2D eigenvalue weighted by molar-refractivity contribution is 5.97. The van der Waals surface area contributed by atoms with Gasteiger partial charge in [0.05, 0.1) is 13.2 Å². The van der Waals surface area contributed by atoms with Crippen LogP contribution in [0.5, 0.6) is 0 Å². The Hall–Kier alpha value is -1.88. The van der Waals surface area contributed by atoms with Crippen molar-refractivity contribution in [3.63, 3.8) is 0 Å². The number of ether oxygens (including phenoxy) is 1. The number of benzene rings is 1. The third-order valence-corrected chi connectivity index (χ3v) is 4.31. The van der Waals surface area contributed by atoms with Crippen LogP contribution in [0.1, 0.15) is 35.3 Å². The summed E-state index contributed by atoms with van der Waals surface area (Å²) in [6.07, 6.45) is 0. The minimum atomic E-state index is -0.512. The van der Waals surface area contributed by atoms with Crippen LogP contribution in [0.3, 0.4) is 0 Å². The third kappa shape index (κ3) is 4.32.